The number of ether oxygens (including phenoxy) is 1. The van der Waals surface area contributed by atoms with E-state index in [2.05, 4.69) is 5.32 Å². The molecule has 1 unspecified atom stereocenters. The molecule has 1 aromatic heterocycles. The van der Waals surface area contributed by atoms with Crippen LogP contribution in [0.4, 0.5) is 0 Å². The number of rotatable bonds is 8. The molecule has 146 valence electrons. The Balaban J connectivity index is 1.60. The second kappa shape index (κ2) is 9.57. The second-order valence-electron chi connectivity index (χ2n) is 5.94. The topological polar surface area (TPSA) is 68.5 Å². The van der Waals surface area contributed by atoms with Crippen LogP contribution in [0.15, 0.2) is 70.0 Å². The van der Waals surface area contributed by atoms with Crippen LogP contribution in [-0.2, 0) is 23.1 Å². The molecule has 1 heterocycles. The van der Waals surface area contributed by atoms with Crippen molar-refractivity contribution in [2.24, 2.45) is 0 Å². The number of carbonyl (C=O) groups is 1. The van der Waals surface area contributed by atoms with Crippen molar-refractivity contribution in [2.45, 2.75) is 24.1 Å². The lowest BCUT2D eigenvalue weighted by molar-refractivity contribution is 0.0921. The number of hydrogen-bond donors (Lipinski definition) is 1. The molecule has 0 radical (unpaired) electrons. The van der Waals surface area contributed by atoms with Crippen molar-refractivity contribution in [2.75, 3.05) is 6.61 Å². The van der Waals surface area contributed by atoms with Crippen molar-refractivity contribution in [3.05, 3.63) is 82.8 Å². The number of para-hydroxylation sites is 1. The van der Waals surface area contributed by atoms with Gasteiger partial charge < -0.3 is 14.5 Å². The van der Waals surface area contributed by atoms with E-state index in [-0.39, 0.29) is 17.4 Å². The molecular formula is C21H20ClNO4S. The van der Waals surface area contributed by atoms with Gasteiger partial charge in [0.25, 0.3) is 5.91 Å². The lowest BCUT2D eigenvalue weighted by atomic mass is 10.2. The molecule has 1 atom stereocenters. The van der Waals surface area contributed by atoms with E-state index in [1.807, 2.05) is 31.2 Å². The maximum Gasteiger partial charge on any atom is 0.287 e. The molecule has 0 saturated carbocycles. The van der Waals surface area contributed by atoms with Crippen LogP contribution >= 0.6 is 11.6 Å². The zero-order chi connectivity index (χ0) is 19.9. The van der Waals surface area contributed by atoms with Crippen molar-refractivity contribution >= 4 is 28.3 Å². The highest BCUT2D eigenvalue weighted by Crippen LogP contribution is 2.20. The number of nitrogens with one attached hydrogen (secondary N) is 1. The Kier molecular flexibility index (Phi) is 6.90. The van der Waals surface area contributed by atoms with Crippen LogP contribution in [0, 0.1) is 0 Å². The van der Waals surface area contributed by atoms with Crippen molar-refractivity contribution < 1.29 is 18.2 Å². The van der Waals surface area contributed by atoms with E-state index < -0.39 is 10.8 Å². The fourth-order valence-corrected chi connectivity index (χ4v) is 3.93. The molecule has 7 heteroatoms. The minimum Gasteiger partial charge on any atom is -0.494 e. The molecule has 2 aromatic carbocycles. The summed E-state index contributed by atoms with van der Waals surface area (Å²) in [6, 6.07) is 17.6. The molecule has 5 nitrogen and oxygen atoms in total. The first kappa shape index (κ1) is 20.2. The monoisotopic (exact) mass is 417 g/mol. The predicted octanol–water partition coefficient (Wildman–Crippen LogP) is 4.57. The highest BCUT2D eigenvalue weighted by atomic mass is 35.5. The number of hydrogen-bond acceptors (Lipinski definition) is 4. The van der Waals surface area contributed by atoms with Gasteiger partial charge >= 0.3 is 0 Å². The summed E-state index contributed by atoms with van der Waals surface area (Å²) < 4.78 is 23.6. The summed E-state index contributed by atoms with van der Waals surface area (Å²) in [4.78, 5) is 13.0. The molecule has 0 aliphatic heterocycles. The van der Waals surface area contributed by atoms with E-state index in [1.54, 1.807) is 36.4 Å². The first-order valence-electron chi connectivity index (χ1n) is 8.78. The van der Waals surface area contributed by atoms with Crippen molar-refractivity contribution in [3.63, 3.8) is 0 Å². The molecule has 28 heavy (non-hydrogen) atoms. The number of carbonyl (C=O) groups excluding carboxylic acids is 1. The second-order valence-corrected chi connectivity index (χ2v) is 7.82. The van der Waals surface area contributed by atoms with Gasteiger partial charge in [-0.2, -0.15) is 0 Å². The van der Waals surface area contributed by atoms with E-state index in [0.29, 0.717) is 28.8 Å². The third-order valence-electron chi connectivity index (χ3n) is 3.93. The van der Waals surface area contributed by atoms with E-state index in [9.17, 15) is 9.00 Å². The number of benzene rings is 2. The summed E-state index contributed by atoms with van der Waals surface area (Å²) in [5.41, 5.74) is 0.881. The minimum atomic E-state index is -1.31. The Morgan fingerprint density at radius 1 is 1.14 bits per heavy atom. The zero-order valence-corrected chi connectivity index (χ0v) is 16.9. The van der Waals surface area contributed by atoms with Crippen LogP contribution in [0.2, 0.25) is 5.02 Å². The van der Waals surface area contributed by atoms with Crippen molar-refractivity contribution in [1.82, 2.24) is 5.32 Å². The van der Waals surface area contributed by atoms with Gasteiger partial charge in [-0.05, 0) is 43.3 Å². The highest BCUT2D eigenvalue weighted by Gasteiger charge is 2.14. The van der Waals surface area contributed by atoms with Crippen LogP contribution < -0.4 is 10.1 Å². The summed E-state index contributed by atoms with van der Waals surface area (Å²) in [7, 11) is -1.31. The van der Waals surface area contributed by atoms with E-state index >= 15 is 0 Å². The summed E-state index contributed by atoms with van der Waals surface area (Å²) in [5.74, 6) is 1.21. The third-order valence-corrected chi connectivity index (χ3v) is 5.49. The molecule has 0 bridgehead atoms. The lowest BCUT2D eigenvalue weighted by Crippen LogP contribution is -2.22. The summed E-state index contributed by atoms with van der Waals surface area (Å²) in [6.45, 7) is 2.78. The Bertz CT molecular complexity index is 986. The molecule has 0 aliphatic carbocycles. The maximum atomic E-state index is 12.4. The molecule has 0 spiro atoms. The molecule has 3 aromatic rings. The van der Waals surface area contributed by atoms with Gasteiger partial charge in [0.2, 0.25) is 0 Å². The van der Waals surface area contributed by atoms with Gasteiger partial charge in [-0.3, -0.25) is 9.00 Å². The predicted molar refractivity (Wildman–Crippen MR) is 109 cm³/mol. The SMILES string of the molecule is CCOc1ccccc1CNC(=O)c1ccc(CS(=O)c2cccc(Cl)c2)o1. The lowest BCUT2D eigenvalue weighted by Gasteiger charge is -2.10. The molecular weight excluding hydrogens is 398 g/mol. The number of halogens is 1. The maximum absolute atomic E-state index is 12.4. The Morgan fingerprint density at radius 3 is 2.75 bits per heavy atom. The fraction of sp³-hybridized carbons (Fsp3) is 0.190. The average Bonchev–Trinajstić information content (AvgIpc) is 3.16. The van der Waals surface area contributed by atoms with Gasteiger partial charge in [-0.15, -0.1) is 0 Å². The first-order valence-corrected chi connectivity index (χ1v) is 10.5. The zero-order valence-electron chi connectivity index (χ0n) is 15.3. The normalized spacial score (nSPS) is 11.8. The molecule has 3 rings (SSSR count). The smallest absolute Gasteiger partial charge is 0.287 e. The standard InChI is InChI=1S/C21H20ClNO4S/c1-2-26-19-9-4-3-6-15(19)13-23-21(24)20-11-10-17(27-20)14-28(25)18-8-5-7-16(22)12-18/h3-12H,2,13-14H2,1H3,(H,23,24). The summed E-state index contributed by atoms with van der Waals surface area (Å²) in [6.07, 6.45) is 0. The molecule has 0 saturated heterocycles. The van der Waals surface area contributed by atoms with Crippen LogP contribution in [0.3, 0.4) is 0 Å². The number of furan rings is 1. The van der Waals surface area contributed by atoms with Gasteiger partial charge in [-0.1, -0.05) is 35.9 Å². The Labute approximate surface area is 171 Å². The number of amides is 1. The fourth-order valence-electron chi connectivity index (χ4n) is 2.61. The van der Waals surface area contributed by atoms with Crippen LogP contribution in [0.25, 0.3) is 0 Å². The molecule has 1 N–H and O–H groups in total. The van der Waals surface area contributed by atoms with Crippen LogP contribution in [0.1, 0.15) is 28.8 Å². The van der Waals surface area contributed by atoms with Gasteiger partial charge in [0.05, 0.1) is 23.2 Å². The van der Waals surface area contributed by atoms with Crippen molar-refractivity contribution in [1.29, 1.82) is 0 Å². The quantitative estimate of drug-likeness (QED) is 0.583. The van der Waals surface area contributed by atoms with Crippen LogP contribution in [0.5, 0.6) is 5.75 Å². The average molecular weight is 418 g/mol. The molecule has 1 amide bonds. The van der Waals surface area contributed by atoms with Crippen molar-refractivity contribution in [3.8, 4) is 5.75 Å². The highest BCUT2D eigenvalue weighted by molar-refractivity contribution is 7.84. The summed E-state index contributed by atoms with van der Waals surface area (Å²) in [5, 5.41) is 3.34. The summed E-state index contributed by atoms with van der Waals surface area (Å²) >= 11 is 5.93. The third kappa shape index (κ3) is 5.24. The van der Waals surface area contributed by atoms with Gasteiger partial charge in [0, 0.05) is 22.0 Å². The van der Waals surface area contributed by atoms with E-state index in [4.69, 9.17) is 20.8 Å². The minimum absolute atomic E-state index is 0.167. The molecule has 0 aliphatic rings. The van der Waals surface area contributed by atoms with E-state index in [1.165, 1.54) is 0 Å². The van der Waals surface area contributed by atoms with Gasteiger partial charge in [0.1, 0.15) is 11.5 Å². The van der Waals surface area contributed by atoms with Crippen LogP contribution in [-0.4, -0.2) is 16.7 Å². The molecule has 0 fully saturated rings. The Hall–Kier alpha value is -2.57. The van der Waals surface area contributed by atoms with E-state index in [0.717, 1.165) is 11.3 Å². The Morgan fingerprint density at radius 2 is 1.96 bits per heavy atom. The largest absolute Gasteiger partial charge is 0.494 e. The first-order chi connectivity index (χ1) is 13.6. The van der Waals surface area contributed by atoms with Gasteiger partial charge in [-0.25, -0.2) is 0 Å². The van der Waals surface area contributed by atoms with Gasteiger partial charge in [0.15, 0.2) is 5.76 Å².